The van der Waals surface area contributed by atoms with Gasteiger partial charge in [-0.3, -0.25) is 9.59 Å². The highest BCUT2D eigenvalue weighted by Gasteiger charge is 2.26. The molecule has 2 N–H and O–H groups in total. The number of carboxylic acid groups (broad SMARTS) is 1. The van der Waals surface area contributed by atoms with Crippen molar-refractivity contribution in [3.05, 3.63) is 54.2 Å². The van der Waals surface area contributed by atoms with Crippen LogP contribution in [0, 0.1) is 5.92 Å². The number of carboxylic acids is 1. The predicted molar refractivity (Wildman–Crippen MR) is 91.6 cm³/mol. The van der Waals surface area contributed by atoms with E-state index in [2.05, 4.69) is 10.3 Å². The van der Waals surface area contributed by atoms with Crippen molar-refractivity contribution in [1.82, 2.24) is 10.3 Å². The van der Waals surface area contributed by atoms with Gasteiger partial charge in [0.15, 0.2) is 0 Å². The first-order chi connectivity index (χ1) is 12.1. The van der Waals surface area contributed by atoms with Gasteiger partial charge in [-0.1, -0.05) is 18.2 Å². The van der Waals surface area contributed by atoms with Crippen LogP contribution in [0.4, 0.5) is 0 Å². The highest BCUT2D eigenvalue weighted by Crippen LogP contribution is 2.25. The van der Waals surface area contributed by atoms with Crippen molar-refractivity contribution in [2.24, 2.45) is 5.92 Å². The van der Waals surface area contributed by atoms with Crippen molar-refractivity contribution in [2.45, 2.75) is 31.7 Å². The minimum Gasteiger partial charge on any atom is -0.481 e. The van der Waals surface area contributed by atoms with Crippen LogP contribution in [0.2, 0.25) is 0 Å². The van der Waals surface area contributed by atoms with E-state index in [1.807, 2.05) is 30.3 Å². The Morgan fingerprint density at radius 2 is 1.76 bits per heavy atom. The third-order valence-electron chi connectivity index (χ3n) is 4.38. The summed E-state index contributed by atoms with van der Waals surface area (Å²) in [6.45, 7) is 0. The molecule has 0 spiro atoms. The maximum atomic E-state index is 12.3. The SMILES string of the molecule is O=C(NC1CCC(C(=O)O)CC1)c1ccc(Oc2ccccc2)nc1. The van der Waals surface area contributed by atoms with Crippen molar-refractivity contribution >= 4 is 11.9 Å². The minimum absolute atomic E-state index is 0.0170. The van der Waals surface area contributed by atoms with E-state index in [-0.39, 0.29) is 17.9 Å². The molecule has 0 saturated heterocycles. The number of ether oxygens (including phenoxy) is 1. The zero-order chi connectivity index (χ0) is 17.6. The van der Waals surface area contributed by atoms with Crippen LogP contribution in [-0.4, -0.2) is 28.0 Å². The summed E-state index contributed by atoms with van der Waals surface area (Å²) in [4.78, 5) is 27.4. The second kappa shape index (κ2) is 7.79. The summed E-state index contributed by atoms with van der Waals surface area (Å²) in [7, 11) is 0. The van der Waals surface area contributed by atoms with E-state index in [4.69, 9.17) is 9.84 Å². The molecule has 25 heavy (non-hydrogen) atoms. The summed E-state index contributed by atoms with van der Waals surface area (Å²) < 4.78 is 5.60. The lowest BCUT2D eigenvalue weighted by molar-refractivity contribution is -0.142. The van der Waals surface area contributed by atoms with E-state index in [9.17, 15) is 9.59 Å². The van der Waals surface area contributed by atoms with Crippen LogP contribution in [0.25, 0.3) is 0 Å². The number of carbonyl (C=O) groups is 2. The monoisotopic (exact) mass is 340 g/mol. The maximum absolute atomic E-state index is 12.3. The molecule has 1 amide bonds. The number of benzene rings is 1. The molecule has 3 rings (SSSR count). The summed E-state index contributed by atoms with van der Waals surface area (Å²) >= 11 is 0. The largest absolute Gasteiger partial charge is 0.481 e. The average Bonchev–Trinajstić information content (AvgIpc) is 2.63. The van der Waals surface area contributed by atoms with Gasteiger partial charge >= 0.3 is 5.97 Å². The number of para-hydroxylation sites is 1. The lowest BCUT2D eigenvalue weighted by Crippen LogP contribution is -2.38. The van der Waals surface area contributed by atoms with Gasteiger partial charge in [0.25, 0.3) is 5.91 Å². The molecule has 2 aromatic rings. The Morgan fingerprint density at radius 1 is 1.04 bits per heavy atom. The van der Waals surface area contributed by atoms with Crippen LogP contribution in [0.1, 0.15) is 36.0 Å². The molecule has 0 unspecified atom stereocenters. The van der Waals surface area contributed by atoms with Gasteiger partial charge in [0.05, 0.1) is 11.5 Å². The number of aliphatic carboxylic acids is 1. The second-order valence-electron chi connectivity index (χ2n) is 6.16. The van der Waals surface area contributed by atoms with E-state index >= 15 is 0 Å². The third kappa shape index (κ3) is 4.56. The highest BCUT2D eigenvalue weighted by atomic mass is 16.5. The Morgan fingerprint density at radius 3 is 2.36 bits per heavy atom. The number of carbonyl (C=O) groups excluding carboxylic acids is 1. The van der Waals surface area contributed by atoms with Gasteiger partial charge in [0.1, 0.15) is 5.75 Å². The van der Waals surface area contributed by atoms with Gasteiger partial charge in [-0.25, -0.2) is 4.98 Å². The van der Waals surface area contributed by atoms with E-state index in [1.54, 1.807) is 12.1 Å². The lowest BCUT2D eigenvalue weighted by Gasteiger charge is -2.26. The molecule has 1 aliphatic carbocycles. The molecule has 1 fully saturated rings. The fraction of sp³-hybridized carbons (Fsp3) is 0.316. The van der Waals surface area contributed by atoms with Crippen molar-refractivity contribution in [2.75, 3.05) is 0 Å². The number of hydrogen-bond donors (Lipinski definition) is 2. The zero-order valence-electron chi connectivity index (χ0n) is 13.7. The lowest BCUT2D eigenvalue weighted by atomic mass is 9.86. The smallest absolute Gasteiger partial charge is 0.306 e. The Kier molecular flexibility index (Phi) is 5.28. The second-order valence-corrected chi connectivity index (χ2v) is 6.16. The van der Waals surface area contributed by atoms with Crippen molar-refractivity contribution in [3.8, 4) is 11.6 Å². The molecule has 6 heteroatoms. The summed E-state index contributed by atoms with van der Waals surface area (Å²) in [5.74, 6) is -0.128. The Hall–Kier alpha value is -2.89. The molecule has 0 bridgehead atoms. The number of rotatable bonds is 5. The van der Waals surface area contributed by atoms with Crippen LogP contribution in [0.15, 0.2) is 48.7 Å². The van der Waals surface area contributed by atoms with E-state index in [1.165, 1.54) is 6.20 Å². The van der Waals surface area contributed by atoms with E-state index < -0.39 is 5.97 Å². The molecule has 130 valence electrons. The fourth-order valence-corrected chi connectivity index (χ4v) is 2.94. The van der Waals surface area contributed by atoms with Crippen molar-refractivity contribution in [3.63, 3.8) is 0 Å². The first kappa shape index (κ1) is 17.0. The van der Waals surface area contributed by atoms with Crippen LogP contribution in [0.3, 0.4) is 0 Å². The number of nitrogens with zero attached hydrogens (tertiary/aromatic N) is 1. The zero-order valence-corrected chi connectivity index (χ0v) is 13.7. The van der Waals surface area contributed by atoms with Gasteiger partial charge in [-0.05, 0) is 43.9 Å². The number of aromatic nitrogens is 1. The standard InChI is InChI=1S/C19H20N2O4/c22-18(21-15-9-6-13(7-10-15)19(23)24)14-8-11-17(20-12-14)25-16-4-2-1-3-5-16/h1-5,8,11-13,15H,6-7,9-10H2,(H,21,22)(H,23,24). The van der Waals surface area contributed by atoms with Gasteiger partial charge in [-0.2, -0.15) is 0 Å². The number of amides is 1. The summed E-state index contributed by atoms with van der Waals surface area (Å²) in [5.41, 5.74) is 0.459. The first-order valence-corrected chi connectivity index (χ1v) is 8.34. The minimum atomic E-state index is -0.747. The van der Waals surface area contributed by atoms with E-state index in [0.717, 1.165) is 0 Å². The number of nitrogens with one attached hydrogen (secondary N) is 1. The molecule has 1 saturated carbocycles. The summed E-state index contributed by atoms with van der Waals surface area (Å²) in [6.07, 6.45) is 4.05. The molecule has 1 aromatic carbocycles. The summed E-state index contributed by atoms with van der Waals surface area (Å²) in [6, 6.07) is 12.6. The van der Waals surface area contributed by atoms with Crippen LogP contribution in [0.5, 0.6) is 11.6 Å². The Bertz CT molecular complexity index is 723. The average molecular weight is 340 g/mol. The Labute approximate surface area is 145 Å². The molecule has 1 heterocycles. The van der Waals surface area contributed by atoms with Crippen molar-refractivity contribution < 1.29 is 19.4 Å². The maximum Gasteiger partial charge on any atom is 0.306 e. The molecule has 1 aromatic heterocycles. The molecule has 6 nitrogen and oxygen atoms in total. The molecular weight excluding hydrogens is 320 g/mol. The number of hydrogen-bond acceptors (Lipinski definition) is 4. The molecule has 0 aliphatic heterocycles. The fourth-order valence-electron chi connectivity index (χ4n) is 2.94. The van der Waals surface area contributed by atoms with E-state index in [0.29, 0.717) is 42.9 Å². The molecule has 0 atom stereocenters. The molecular formula is C19H20N2O4. The first-order valence-electron chi connectivity index (χ1n) is 8.34. The van der Waals surface area contributed by atoms with Crippen molar-refractivity contribution in [1.29, 1.82) is 0 Å². The third-order valence-corrected chi connectivity index (χ3v) is 4.38. The van der Waals surface area contributed by atoms with Gasteiger partial charge in [-0.15, -0.1) is 0 Å². The number of pyridine rings is 1. The van der Waals surface area contributed by atoms with Crippen LogP contribution < -0.4 is 10.1 Å². The predicted octanol–water partition coefficient (Wildman–Crippen LogP) is 3.25. The normalized spacial score (nSPS) is 19.8. The quantitative estimate of drug-likeness (QED) is 0.872. The Balaban J connectivity index is 1.53. The van der Waals surface area contributed by atoms with Crippen LogP contribution >= 0.6 is 0 Å². The highest BCUT2D eigenvalue weighted by molar-refractivity contribution is 5.94. The topological polar surface area (TPSA) is 88.5 Å². The van der Waals surface area contributed by atoms with Gasteiger partial charge in [0, 0.05) is 18.3 Å². The molecule has 1 aliphatic rings. The molecule has 0 radical (unpaired) electrons. The van der Waals surface area contributed by atoms with Gasteiger partial charge < -0.3 is 15.2 Å². The van der Waals surface area contributed by atoms with Gasteiger partial charge in [0.2, 0.25) is 5.88 Å². The summed E-state index contributed by atoms with van der Waals surface area (Å²) in [5, 5.41) is 12.0. The van der Waals surface area contributed by atoms with Crippen LogP contribution in [-0.2, 0) is 4.79 Å².